The van der Waals surface area contributed by atoms with Gasteiger partial charge in [-0.1, -0.05) is 28.9 Å². The molecule has 0 radical (unpaired) electrons. The fourth-order valence-electron chi connectivity index (χ4n) is 1.30. The van der Waals surface area contributed by atoms with Gasteiger partial charge in [0.15, 0.2) is 0 Å². The van der Waals surface area contributed by atoms with Crippen molar-refractivity contribution in [2.24, 2.45) is 5.73 Å². The van der Waals surface area contributed by atoms with E-state index in [4.69, 9.17) is 10.8 Å². The Kier molecular flexibility index (Phi) is 3.66. The van der Waals surface area contributed by atoms with E-state index in [2.05, 4.69) is 15.9 Å². The quantitative estimate of drug-likeness (QED) is 0.875. The van der Waals surface area contributed by atoms with Crippen LogP contribution in [0.4, 0.5) is 0 Å². The minimum atomic E-state index is -0.940. The molecule has 0 unspecified atom stereocenters. The summed E-state index contributed by atoms with van der Waals surface area (Å²) in [5.41, 5.74) is 6.78. The van der Waals surface area contributed by atoms with Crippen LogP contribution in [0.5, 0.6) is 0 Å². The lowest BCUT2D eigenvalue weighted by Crippen LogP contribution is -2.14. The highest BCUT2D eigenvalue weighted by atomic mass is 79.9. The summed E-state index contributed by atoms with van der Waals surface area (Å²) in [5.74, 6) is -0.940. The number of carboxylic acid groups (broad SMARTS) is 1. The van der Waals surface area contributed by atoms with Gasteiger partial charge in [0.1, 0.15) is 0 Å². The molecule has 0 saturated heterocycles. The Balaban J connectivity index is 3.29. The molecule has 0 aliphatic rings. The van der Waals surface area contributed by atoms with Crippen LogP contribution < -0.4 is 5.73 Å². The second kappa shape index (κ2) is 4.57. The molecule has 0 bridgehead atoms. The first kappa shape index (κ1) is 11.2. The van der Waals surface area contributed by atoms with Crippen molar-refractivity contribution in [2.75, 3.05) is 0 Å². The number of aromatic carboxylic acids is 1. The van der Waals surface area contributed by atoms with Crippen LogP contribution in [0.15, 0.2) is 22.7 Å². The molecular weight excluding hydrogens is 246 g/mol. The SMILES string of the molecule is CC[C@H](N)c1c(Br)cccc1C(=O)O. The first-order valence-electron chi connectivity index (χ1n) is 4.35. The van der Waals surface area contributed by atoms with Crippen molar-refractivity contribution in [3.63, 3.8) is 0 Å². The summed E-state index contributed by atoms with van der Waals surface area (Å²) in [4.78, 5) is 10.9. The van der Waals surface area contributed by atoms with E-state index >= 15 is 0 Å². The number of hydrogen-bond donors (Lipinski definition) is 2. The molecule has 14 heavy (non-hydrogen) atoms. The Morgan fingerprint density at radius 2 is 2.29 bits per heavy atom. The Morgan fingerprint density at radius 3 is 2.79 bits per heavy atom. The zero-order valence-corrected chi connectivity index (χ0v) is 9.41. The molecule has 0 amide bonds. The van der Waals surface area contributed by atoms with E-state index in [0.29, 0.717) is 12.0 Å². The second-order valence-corrected chi connectivity index (χ2v) is 3.88. The van der Waals surface area contributed by atoms with E-state index in [0.717, 1.165) is 4.47 Å². The predicted octanol–water partition coefficient (Wildman–Crippen LogP) is 2.56. The Morgan fingerprint density at radius 1 is 1.64 bits per heavy atom. The average Bonchev–Trinajstić information content (AvgIpc) is 2.16. The van der Waals surface area contributed by atoms with E-state index in [-0.39, 0.29) is 11.6 Å². The highest BCUT2D eigenvalue weighted by Crippen LogP contribution is 2.27. The van der Waals surface area contributed by atoms with Crippen LogP contribution in [0.25, 0.3) is 0 Å². The lowest BCUT2D eigenvalue weighted by atomic mass is 9.99. The molecular formula is C10H12BrNO2. The van der Waals surface area contributed by atoms with E-state index in [1.54, 1.807) is 18.2 Å². The third kappa shape index (κ3) is 2.13. The number of carboxylic acids is 1. The molecule has 0 saturated carbocycles. The van der Waals surface area contributed by atoms with E-state index in [1.807, 2.05) is 6.92 Å². The molecule has 4 heteroatoms. The van der Waals surface area contributed by atoms with Gasteiger partial charge < -0.3 is 10.8 Å². The molecule has 0 aliphatic heterocycles. The lowest BCUT2D eigenvalue weighted by molar-refractivity contribution is 0.0695. The van der Waals surface area contributed by atoms with Gasteiger partial charge in [0.25, 0.3) is 0 Å². The van der Waals surface area contributed by atoms with Gasteiger partial charge in [-0.15, -0.1) is 0 Å². The summed E-state index contributed by atoms with van der Waals surface area (Å²) in [6.07, 6.45) is 0.711. The molecule has 3 nitrogen and oxygen atoms in total. The van der Waals surface area contributed by atoms with Crippen molar-refractivity contribution in [3.8, 4) is 0 Å². The van der Waals surface area contributed by atoms with Crippen LogP contribution in [-0.2, 0) is 0 Å². The predicted molar refractivity (Wildman–Crippen MR) is 58.3 cm³/mol. The number of rotatable bonds is 3. The van der Waals surface area contributed by atoms with Crippen molar-refractivity contribution in [1.82, 2.24) is 0 Å². The Labute approximate surface area is 91.1 Å². The van der Waals surface area contributed by atoms with Gasteiger partial charge in [-0.3, -0.25) is 0 Å². The van der Waals surface area contributed by atoms with Gasteiger partial charge in [0.05, 0.1) is 5.56 Å². The van der Waals surface area contributed by atoms with E-state index in [9.17, 15) is 4.79 Å². The fraction of sp³-hybridized carbons (Fsp3) is 0.300. The minimum Gasteiger partial charge on any atom is -0.478 e. The third-order valence-corrected chi connectivity index (χ3v) is 2.79. The van der Waals surface area contributed by atoms with Crippen LogP contribution in [0, 0.1) is 0 Å². The maximum absolute atomic E-state index is 10.9. The number of halogens is 1. The molecule has 3 N–H and O–H groups in total. The first-order valence-corrected chi connectivity index (χ1v) is 5.14. The van der Waals surface area contributed by atoms with Crippen molar-refractivity contribution in [2.45, 2.75) is 19.4 Å². The van der Waals surface area contributed by atoms with Gasteiger partial charge >= 0.3 is 5.97 Å². The van der Waals surface area contributed by atoms with Gasteiger partial charge in [-0.25, -0.2) is 4.79 Å². The average molecular weight is 258 g/mol. The number of hydrogen-bond acceptors (Lipinski definition) is 2. The summed E-state index contributed by atoms with van der Waals surface area (Å²) in [5, 5.41) is 8.96. The van der Waals surface area contributed by atoms with Crippen molar-refractivity contribution >= 4 is 21.9 Å². The summed E-state index contributed by atoms with van der Waals surface area (Å²) < 4.78 is 0.756. The highest BCUT2D eigenvalue weighted by Gasteiger charge is 2.17. The largest absolute Gasteiger partial charge is 0.478 e. The van der Waals surface area contributed by atoms with E-state index in [1.165, 1.54) is 0 Å². The van der Waals surface area contributed by atoms with Crippen LogP contribution >= 0.6 is 15.9 Å². The minimum absolute atomic E-state index is 0.239. The molecule has 0 heterocycles. The smallest absolute Gasteiger partial charge is 0.336 e. The molecule has 0 aliphatic carbocycles. The zero-order chi connectivity index (χ0) is 10.7. The maximum Gasteiger partial charge on any atom is 0.336 e. The molecule has 1 rings (SSSR count). The highest BCUT2D eigenvalue weighted by molar-refractivity contribution is 9.10. The number of carbonyl (C=O) groups is 1. The molecule has 1 aromatic carbocycles. The number of nitrogens with two attached hydrogens (primary N) is 1. The molecule has 0 fully saturated rings. The van der Waals surface area contributed by atoms with E-state index < -0.39 is 5.97 Å². The molecule has 0 spiro atoms. The lowest BCUT2D eigenvalue weighted by Gasteiger charge is -2.14. The first-order chi connectivity index (χ1) is 6.57. The van der Waals surface area contributed by atoms with Crippen LogP contribution in [0.3, 0.4) is 0 Å². The van der Waals surface area contributed by atoms with Crippen molar-refractivity contribution in [3.05, 3.63) is 33.8 Å². The van der Waals surface area contributed by atoms with Crippen LogP contribution in [0.1, 0.15) is 35.3 Å². The van der Waals surface area contributed by atoms with Crippen molar-refractivity contribution in [1.29, 1.82) is 0 Å². The summed E-state index contributed by atoms with van der Waals surface area (Å²) in [6, 6.07) is 4.82. The van der Waals surface area contributed by atoms with Gasteiger partial charge in [-0.05, 0) is 24.1 Å². The van der Waals surface area contributed by atoms with Crippen molar-refractivity contribution < 1.29 is 9.90 Å². The summed E-state index contributed by atoms with van der Waals surface area (Å²) in [7, 11) is 0. The molecule has 0 aromatic heterocycles. The van der Waals surface area contributed by atoms with Gasteiger partial charge in [0, 0.05) is 10.5 Å². The Bertz CT molecular complexity index is 352. The Hall–Kier alpha value is -0.870. The summed E-state index contributed by atoms with van der Waals surface area (Å²) >= 11 is 3.31. The monoisotopic (exact) mass is 257 g/mol. The van der Waals surface area contributed by atoms with Gasteiger partial charge in [-0.2, -0.15) is 0 Å². The number of benzene rings is 1. The molecule has 1 aromatic rings. The fourth-order valence-corrected chi connectivity index (χ4v) is 1.96. The van der Waals surface area contributed by atoms with Crippen LogP contribution in [-0.4, -0.2) is 11.1 Å². The third-order valence-electron chi connectivity index (χ3n) is 2.09. The normalized spacial score (nSPS) is 12.5. The van der Waals surface area contributed by atoms with Gasteiger partial charge in [0.2, 0.25) is 0 Å². The second-order valence-electron chi connectivity index (χ2n) is 3.02. The summed E-state index contributed by atoms with van der Waals surface area (Å²) in [6.45, 7) is 1.93. The topological polar surface area (TPSA) is 63.3 Å². The maximum atomic E-state index is 10.9. The van der Waals surface area contributed by atoms with Crippen LogP contribution in [0.2, 0.25) is 0 Å². The zero-order valence-electron chi connectivity index (χ0n) is 7.83. The molecule has 76 valence electrons. The molecule has 1 atom stereocenters. The standard InChI is InChI=1S/C10H12BrNO2/c1-2-8(12)9-6(10(13)14)4-3-5-7(9)11/h3-5,8H,2,12H2,1H3,(H,13,14)/t8-/m0/s1.